The number of aliphatic hydroxyl groups excluding tert-OH is 1. The number of nitrogens with two attached hydrogens (primary N) is 1. The second-order valence-electron chi connectivity index (χ2n) is 7.31. The lowest BCUT2D eigenvalue weighted by molar-refractivity contribution is 0.248. The van der Waals surface area contributed by atoms with Crippen LogP contribution in [-0.2, 0) is 16.8 Å². The van der Waals surface area contributed by atoms with E-state index in [1.54, 1.807) is 6.33 Å². The molecule has 28 heavy (non-hydrogen) atoms. The molecule has 1 aliphatic heterocycles. The maximum atomic E-state index is 11.6. The minimum absolute atomic E-state index is 0.0409. The molecular weight excluding hydrogens is 384 g/mol. The van der Waals surface area contributed by atoms with Crippen molar-refractivity contribution in [2.45, 2.75) is 45.8 Å². The minimum atomic E-state index is -3.71. The highest BCUT2D eigenvalue weighted by Crippen LogP contribution is 2.24. The number of fused-ring (bicyclic) bond motifs is 1. The molecule has 0 saturated carbocycles. The summed E-state index contributed by atoms with van der Waals surface area (Å²) >= 11 is 0. The quantitative estimate of drug-likeness (QED) is 0.472. The van der Waals surface area contributed by atoms with Gasteiger partial charge in [-0.2, -0.15) is 22.7 Å². The molecule has 0 spiro atoms. The summed E-state index contributed by atoms with van der Waals surface area (Å²) in [4.78, 5) is 13.5. The molecule has 0 amide bonds. The molecular formula is C16H28N8O3S. The van der Waals surface area contributed by atoms with Gasteiger partial charge in [0.05, 0.1) is 19.0 Å². The molecule has 0 aromatic carbocycles. The molecule has 2 aromatic rings. The van der Waals surface area contributed by atoms with E-state index in [1.165, 1.54) is 4.31 Å². The molecule has 12 heteroatoms. The van der Waals surface area contributed by atoms with Crippen molar-refractivity contribution < 1.29 is 13.5 Å². The van der Waals surface area contributed by atoms with Crippen LogP contribution in [0.25, 0.3) is 11.2 Å². The molecule has 0 aliphatic carbocycles. The Balaban J connectivity index is 1.91. The van der Waals surface area contributed by atoms with Crippen molar-refractivity contribution in [2.75, 3.05) is 30.3 Å². The van der Waals surface area contributed by atoms with Crippen LogP contribution in [0.15, 0.2) is 6.33 Å². The molecule has 2 unspecified atom stereocenters. The zero-order valence-corrected chi connectivity index (χ0v) is 17.1. The third-order valence-electron chi connectivity index (χ3n) is 4.97. The second-order valence-corrected chi connectivity index (χ2v) is 8.86. The van der Waals surface area contributed by atoms with Gasteiger partial charge < -0.3 is 20.3 Å². The Labute approximate surface area is 164 Å². The summed E-state index contributed by atoms with van der Waals surface area (Å²) in [5.74, 6) is 1.11. The number of rotatable bonds is 8. The first-order valence-corrected chi connectivity index (χ1v) is 10.9. The average molecular weight is 413 g/mol. The number of aliphatic hydroxyl groups is 1. The van der Waals surface area contributed by atoms with Gasteiger partial charge in [-0.1, -0.05) is 13.8 Å². The third-order valence-corrected chi connectivity index (χ3v) is 6.02. The Bertz CT molecular complexity index is 929. The normalized spacial score (nSPS) is 19.4. The van der Waals surface area contributed by atoms with Crippen LogP contribution in [0, 0.1) is 5.92 Å². The molecule has 3 heterocycles. The molecule has 156 valence electrons. The summed E-state index contributed by atoms with van der Waals surface area (Å²) in [5, 5.41) is 21.3. The van der Waals surface area contributed by atoms with Crippen LogP contribution in [0.2, 0.25) is 0 Å². The fraction of sp³-hybridized carbons (Fsp3) is 0.688. The number of nitrogens with one attached hydrogen (secondary N) is 2. The van der Waals surface area contributed by atoms with Crippen molar-refractivity contribution in [1.29, 1.82) is 0 Å². The summed E-state index contributed by atoms with van der Waals surface area (Å²) in [6.07, 6.45) is 2.32. The Morgan fingerprint density at radius 1 is 1.39 bits per heavy atom. The van der Waals surface area contributed by atoms with E-state index in [1.807, 2.05) is 25.3 Å². The molecule has 1 aliphatic rings. The van der Waals surface area contributed by atoms with Crippen molar-refractivity contribution in [2.24, 2.45) is 11.1 Å². The topological polar surface area (TPSA) is 151 Å². The van der Waals surface area contributed by atoms with Gasteiger partial charge in [0.15, 0.2) is 17.0 Å². The molecule has 5 N–H and O–H groups in total. The van der Waals surface area contributed by atoms with Gasteiger partial charge in [-0.05, 0) is 19.3 Å². The third kappa shape index (κ3) is 4.35. The fourth-order valence-electron chi connectivity index (χ4n) is 3.20. The average Bonchev–Trinajstić information content (AvgIpc) is 3.25. The Hall–Kier alpha value is -2.02. The van der Waals surface area contributed by atoms with Gasteiger partial charge >= 0.3 is 0 Å². The highest BCUT2D eigenvalue weighted by Gasteiger charge is 2.30. The monoisotopic (exact) mass is 412 g/mol. The van der Waals surface area contributed by atoms with Gasteiger partial charge in [0.1, 0.15) is 0 Å². The molecule has 2 aromatic heterocycles. The van der Waals surface area contributed by atoms with E-state index >= 15 is 0 Å². The van der Waals surface area contributed by atoms with Crippen molar-refractivity contribution in [3.63, 3.8) is 0 Å². The van der Waals surface area contributed by atoms with Crippen LogP contribution in [-0.4, -0.2) is 69.1 Å². The summed E-state index contributed by atoms with van der Waals surface area (Å²) in [7, 11) is -3.71. The maximum absolute atomic E-state index is 11.6. The largest absolute Gasteiger partial charge is 0.394 e. The summed E-state index contributed by atoms with van der Waals surface area (Å²) in [5.41, 5.74) is 1.29. The SMILES string of the molecule is CCn1cnc2c(NC3CCN(S(N)(=O)=O)C3)nc(NC(CO)C(C)C)nc21. The number of nitrogens with zero attached hydrogens (tertiary/aromatic N) is 5. The zero-order valence-electron chi connectivity index (χ0n) is 16.3. The minimum Gasteiger partial charge on any atom is -0.394 e. The van der Waals surface area contributed by atoms with E-state index in [0.29, 0.717) is 42.4 Å². The van der Waals surface area contributed by atoms with Gasteiger partial charge in [0.25, 0.3) is 10.2 Å². The molecule has 11 nitrogen and oxygen atoms in total. The highest BCUT2D eigenvalue weighted by atomic mass is 32.2. The standard InChI is InChI=1S/C16H28N8O3S/c1-4-23-9-18-13-14(19-11-5-6-24(7-11)28(17,26)27)21-16(22-15(13)23)20-12(8-25)10(2)3/h9-12,25H,4-8H2,1-3H3,(H2,17,26,27)(H2,19,20,21,22). The van der Waals surface area contributed by atoms with Gasteiger partial charge in [-0.3, -0.25) is 0 Å². The van der Waals surface area contributed by atoms with Crippen molar-refractivity contribution in [3.8, 4) is 0 Å². The van der Waals surface area contributed by atoms with Crippen LogP contribution < -0.4 is 15.8 Å². The molecule has 1 saturated heterocycles. The van der Waals surface area contributed by atoms with Gasteiger partial charge in [0.2, 0.25) is 5.95 Å². The first-order chi connectivity index (χ1) is 13.2. The van der Waals surface area contributed by atoms with Crippen molar-refractivity contribution in [1.82, 2.24) is 23.8 Å². The van der Waals surface area contributed by atoms with Crippen molar-refractivity contribution in [3.05, 3.63) is 6.33 Å². The van der Waals surface area contributed by atoms with Crippen LogP contribution in [0.5, 0.6) is 0 Å². The van der Waals surface area contributed by atoms with Crippen molar-refractivity contribution >= 4 is 33.1 Å². The number of aryl methyl sites for hydroxylation is 1. The lowest BCUT2D eigenvalue weighted by Crippen LogP contribution is -2.36. The van der Waals surface area contributed by atoms with E-state index in [-0.39, 0.29) is 31.2 Å². The number of aromatic nitrogens is 4. The predicted molar refractivity (Wildman–Crippen MR) is 107 cm³/mol. The van der Waals surface area contributed by atoms with Crippen LogP contribution in [0.4, 0.5) is 11.8 Å². The molecule has 3 rings (SSSR count). The maximum Gasteiger partial charge on any atom is 0.276 e. The van der Waals surface area contributed by atoms with Gasteiger partial charge in [-0.25, -0.2) is 10.1 Å². The second kappa shape index (κ2) is 8.15. The van der Waals surface area contributed by atoms with Crippen LogP contribution >= 0.6 is 0 Å². The fourth-order valence-corrected chi connectivity index (χ4v) is 3.95. The summed E-state index contributed by atoms with van der Waals surface area (Å²) in [6.45, 7) is 7.29. The van der Waals surface area contributed by atoms with E-state index in [9.17, 15) is 13.5 Å². The lowest BCUT2D eigenvalue weighted by Gasteiger charge is -2.21. The first kappa shape index (κ1) is 20.7. The van der Waals surface area contributed by atoms with E-state index in [2.05, 4.69) is 25.6 Å². The number of imidazole rings is 1. The Morgan fingerprint density at radius 3 is 2.71 bits per heavy atom. The van der Waals surface area contributed by atoms with E-state index in [4.69, 9.17) is 5.14 Å². The molecule has 1 fully saturated rings. The van der Waals surface area contributed by atoms with Gasteiger partial charge in [0, 0.05) is 25.7 Å². The van der Waals surface area contributed by atoms with Crippen LogP contribution in [0.3, 0.4) is 0 Å². The molecule has 0 bridgehead atoms. The Morgan fingerprint density at radius 2 is 2.14 bits per heavy atom. The zero-order chi connectivity index (χ0) is 20.5. The smallest absolute Gasteiger partial charge is 0.276 e. The predicted octanol–water partition coefficient (Wildman–Crippen LogP) is -0.0353. The first-order valence-electron chi connectivity index (χ1n) is 9.37. The molecule has 0 radical (unpaired) electrons. The molecule has 2 atom stereocenters. The number of hydrogen-bond acceptors (Lipinski definition) is 8. The number of hydrogen-bond donors (Lipinski definition) is 4. The van der Waals surface area contributed by atoms with E-state index in [0.717, 1.165) is 0 Å². The van der Waals surface area contributed by atoms with Gasteiger partial charge in [-0.15, -0.1) is 0 Å². The Kier molecular flexibility index (Phi) is 6.03. The summed E-state index contributed by atoms with van der Waals surface area (Å²) in [6, 6.07) is -0.317. The summed E-state index contributed by atoms with van der Waals surface area (Å²) < 4.78 is 26.3. The van der Waals surface area contributed by atoms with E-state index < -0.39 is 10.2 Å². The lowest BCUT2D eigenvalue weighted by atomic mass is 10.1. The highest BCUT2D eigenvalue weighted by molar-refractivity contribution is 7.86. The number of anilines is 2. The van der Waals surface area contributed by atoms with Crippen LogP contribution in [0.1, 0.15) is 27.2 Å².